The first-order valence-electron chi connectivity index (χ1n) is 9.38. The SMILES string of the molecule is Clc1cc(CNCC2(N3CCSCC3)CCCC2)cc2c1OCCO2. The van der Waals surface area contributed by atoms with E-state index in [0.29, 0.717) is 29.5 Å². The van der Waals surface area contributed by atoms with Gasteiger partial charge < -0.3 is 14.8 Å². The molecule has 0 atom stereocenters. The summed E-state index contributed by atoms with van der Waals surface area (Å²) in [4.78, 5) is 2.75. The van der Waals surface area contributed by atoms with E-state index in [-0.39, 0.29) is 0 Å². The maximum Gasteiger partial charge on any atom is 0.179 e. The Bertz CT molecular complexity index is 601. The van der Waals surface area contributed by atoms with E-state index >= 15 is 0 Å². The van der Waals surface area contributed by atoms with E-state index in [4.69, 9.17) is 21.1 Å². The normalized spacial score (nSPS) is 22.9. The van der Waals surface area contributed by atoms with Gasteiger partial charge in [0.1, 0.15) is 13.2 Å². The fraction of sp³-hybridized carbons (Fsp3) is 0.684. The average Bonchev–Trinajstić information content (AvgIpc) is 3.13. The maximum atomic E-state index is 6.36. The van der Waals surface area contributed by atoms with Gasteiger partial charge in [0, 0.05) is 43.2 Å². The van der Waals surface area contributed by atoms with Gasteiger partial charge in [0.25, 0.3) is 0 Å². The lowest BCUT2D eigenvalue weighted by Gasteiger charge is -2.43. The van der Waals surface area contributed by atoms with Crippen LogP contribution in [0.15, 0.2) is 12.1 Å². The highest BCUT2D eigenvalue weighted by atomic mass is 35.5. The lowest BCUT2D eigenvalue weighted by atomic mass is 9.94. The second kappa shape index (κ2) is 7.95. The third kappa shape index (κ3) is 3.90. The zero-order chi connectivity index (χ0) is 17.1. The molecule has 1 saturated carbocycles. The molecular formula is C19H27ClN2O2S. The van der Waals surface area contributed by atoms with Crippen LogP contribution >= 0.6 is 23.4 Å². The molecule has 2 heterocycles. The van der Waals surface area contributed by atoms with E-state index in [9.17, 15) is 0 Å². The summed E-state index contributed by atoms with van der Waals surface area (Å²) in [7, 11) is 0. The van der Waals surface area contributed by atoms with Crippen LogP contribution < -0.4 is 14.8 Å². The number of nitrogens with one attached hydrogen (secondary N) is 1. The fourth-order valence-electron chi connectivity index (χ4n) is 4.38. The molecule has 0 amide bonds. The highest BCUT2D eigenvalue weighted by Gasteiger charge is 2.39. The molecular weight excluding hydrogens is 356 g/mol. The Kier molecular flexibility index (Phi) is 5.65. The van der Waals surface area contributed by atoms with Crippen molar-refractivity contribution in [2.24, 2.45) is 0 Å². The van der Waals surface area contributed by atoms with Gasteiger partial charge >= 0.3 is 0 Å². The first-order valence-corrected chi connectivity index (χ1v) is 10.9. The van der Waals surface area contributed by atoms with Gasteiger partial charge in [-0.1, -0.05) is 24.4 Å². The van der Waals surface area contributed by atoms with Crippen molar-refractivity contribution in [3.05, 3.63) is 22.7 Å². The largest absolute Gasteiger partial charge is 0.486 e. The van der Waals surface area contributed by atoms with E-state index in [1.807, 2.05) is 6.07 Å². The van der Waals surface area contributed by atoms with Crippen molar-refractivity contribution in [3.63, 3.8) is 0 Å². The number of benzene rings is 1. The van der Waals surface area contributed by atoms with Crippen molar-refractivity contribution in [3.8, 4) is 11.5 Å². The molecule has 1 N–H and O–H groups in total. The fourth-order valence-corrected chi connectivity index (χ4v) is 5.57. The molecule has 1 aliphatic carbocycles. The van der Waals surface area contributed by atoms with Crippen LogP contribution in [0.25, 0.3) is 0 Å². The number of nitrogens with zero attached hydrogens (tertiary/aromatic N) is 1. The molecule has 0 bridgehead atoms. The van der Waals surface area contributed by atoms with Crippen molar-refractivity contribution in [2.75, 3.05) is 44.4 Å². The van der Waals surface area contributed by atoms with Crippen LogP contribution in [0.4, 0.5) is 0 Å². The van der Waals surface area contributed by atoms with E-state index in [2.05, 4.69) is 28.0 Å². The lowest BCUT2D eigenvalue weighted by molar-refractivity contribution is 0.102. The molecule has 4 rings (SSSR count). The molecule has 2 aliphatic heterocycles. The summed E-state index contributed by atoms with van der Waals surface area (Å²) in [6.07, 6.45) is 5.38. The Morgan fingerprint density at radius 1 is 1.12 bits per heavy atom. The average molecular weight is 383 g/mol. The van der Waals surface area contributed by atoms with Gasteiger partial charge in [-0.05, 0) is 30.5 Å². The molecule has 6 heteroatoms. The maximum absolute atomic E-state index is 6.36. The van der Waals surface area contributed by atoms with Gasteiger partial charge in [-0.2, -0.15) is 11.8 Å². The van der Waals surface area contributed by atoms with Gasteiger partial charge in [-0.15, -0.1) is 0 Å². The smallest absolute Gasteiger partial charge is 0.179 e. The number of thioether (sulfide) groups is 1. The summed E-state index contributed by atoms with van der Waals surface area (Å²) in [6, 6.07) is 4.06. The van der Waals surface area contributed by atoms with Crippen LogP contribution in [0.5, 0.6) is 11.5 Å². The van der Waals surface area contributed by atoms with Crippen LogP contribution in [0.1, 0.15) is 31.2 Å². The minimum Gasteiger partial charge on any atom is -0.486 e. The molecule has 4 nitrogen and oxygen atoms in total. The third-order valence-corrected chi connectivity index (χ3v) is 6.88. The molecule has 0 aromatic heterocycles. The molecule has 0 spiro atoms. The molecule has 3 aliphatic rings. The summed E-state index contributed by atoms with van der Waals surface area (Å²) >= 11 is 8.45. The molecule has 0 radical (unpaired) electrons. The molecule has 2 fully saturated rings. The molecule has 138 valence electrons. The summed E-state index contributed by atoms with van der Waals surface area (Å²) in [5.41, 5.74) is 1.52. The third-order valence-electron chi connectivity index (χ3n) is 5.66. The van der Waals surface area contributed by atoms with Gasteiger partial charge in [0.05, 0.1) is 5.02 Å². The second-order valence-corrected chi connectivity index (χ2v) is 8.87. The van der Waals surface area contributed by atoms with Crippen molar-refractivity contribution in [2.45, 2.75) is 37.8 Å². The number of rotatable bonds is 5. The van der Waals surface area contributed by atoms with Crippen molar-refractivity contribution in [1.29, 1.82) is 0 Å². The Balaban J connectivity index is 1.40. The van der Waals surface area contributed by atoms with E-state index < -0.39 is 0 Å². The Hall–Kier alpha value is -0.620. The number of hydrogen-bond donors (Lipinski definition) is 1. The zero-order valence-corrected chi connectivity index (χ0v) is 16.3. The summed E-state index contributed by atoms with van der Waals surface area (Å²) in [5, 5.41) is 4.36. The molecule has 0 unspecified atom stereocenters. The summed E-state index contributed by atoms with van der Waals surface area (Å²) < 4.78 is 11.3. The predicted octanol–water partition coefficient (Wildman–Crippen LogP) is 3.56. The topological polar surface area (TPSA) is 33.7 Å². The predicted molar refractivity (Wildman–Crippen MR) is 104 cm³/mol. The van der Waals surface area contributed by atoms with Crippen LogP contribution in [-0.4, -0.2) is 54.8 Å². The minimum atomic E-state index is 0.360. The van der Waals surface area contributed by atoms with Gasteiger partial charge in [0.2, 0.25) is 0 Å². The van der Waals surface area contributed by atoms with E-state index in [1.54, 1.807) is 0 Å². The number of hydrogen-bond acceptors (Lipinski definition) is 5. The lowest BCUT2D eigenvalue weighted by Crippen LogP contribution is -2.55. The number of halogens is 1. The Morgan fingerprint density at radius 2 is 1.88 bits per heavy atom. The summed E-state index contributed by atoms with van der Waals surface area (Å²) in [6.45, 7) is 5.52. The van der Waals surface area contributed by atoms with Crippen molar-refractivity contribution < 1.29 is 9.47 Å². The van der Waals surface area contributed by atoms with Gasteiger partial charge in [0.15, 0.2) is 11.5 Å². The minimum absolute atomic E-state index is 0.360. The molecule has 1 saturated heterocycles. The number of fused-ring (bicyclic) bond motifs is 1. The zero-order valence-electron chi connectivity index (χ0n) is 14.7. The molecule has 1 aromatic carbocycles. The van der Waals surface area contributed by atoms with Crippen LogP contribution in [0.3, 0.4) is 0 Å². The van der Waals surface area contributed by atoms with Crippen LogP contribution in [0, 0.1) is 0 Å². The molecule has 1 aromatic rings. The monoisotopic (exact) mass is 382 g/mol. The van der Waals surface area contributed by atoms with Gasteiger partial charge in [-0.25, -0.2) is 0 Å². The number of ether oxygens (including phenoxy) is 2. The van der Waals surface area contributed by atoms with Crippen molar-refractivity contribution >= 4 is 23.4 Å². The Labute approximate surface area is 159 Å². The van der Waals surface area contributed by atoms with Crippen LogP contribution in [0.2, 0.25) is 5.02 Å². The highest BCUT2D eigenvalue weighted by Crippen LogP contribution is 2.39. The standard InChI is InChI=1S/C19H27ClN2O2S/c20-16-11-15(12-17-18(16)24-8-7-23-17)13-21-14-19(3-1-2-4-19)22-5-9-25-10-6-22/h11-12,21H,1-10,13-14H2. The Morgan fingerprint density at radius 3 is 2.68 bits per heavy atom. The molecule has 25 heavy (non-hydrogen) atoms. The van der Waals surface area contributed by atoms with E-state index in [0.717, 1.165) is 24.4 Å². The highest BCUT2D eigenvalue weighted by molar-refractivity contribution is 7.99. The summed E-state index contributed by atoms with van der Waals surface area (Å²) in [5.74, 6) is 4.02. The first-order chi connectivity index (χ1) is 12.3. The first kappa shape index (κ1) is 17.8. The second-order valence-electron chi connectivity index (χ2n) is 7.24. The van der Waals surface area contributed by atoms with E-state index in [1.165, 1.54) is 50.3 Å². The van der Waals surface area contributed by atoms with Gasteiger partial charge in [-0.3, -0.25) is 4.90 Å². The quantitative estimate of drug-likeness (QED) is 0.842. The van der Waals surface area contributed by atoms with Crippen molar-refractivity contribution in [1.82, 2.24) is 10.2 Å². The van der Waals surface area contributed by atoms with Crippen LogP contribution in [-0.2, 0) is 6.54 Å².